The summed E-state index contributed by atoms with van der Waals surface area (Å²) in [5.41, 5.74) is 0. The van der Waals surface area contributed by atoms with Gasteiger partial charge in [0.25, 0.3) is 11.1 Å². The average Bonchev–Trinajstić information content (AvgIpc) is 3.42. The van der Waals surface area contributed by atoms with Crippen molar-refractivity contribution in [2.75, 3.05) is 32.7 Å². The van der Waals surface area contributed by atoms with Gasteiger partial charge in [-0.2, -0.15) is 0 Å². The Balaban J connectivity index is 1.30. The predicted octanol–water partition coefficient (Wildman–Crippen LogP) is 3.84. The maximum atomic E-state index is 12.7. The number of hydrogen-bond donors (Lipinski definition) is 0. The number of halogens is 1. The number of nitrogens with zero attached hydrogens (tertiary/aromatic N) is 3. The lowest BCUT2D eigenvalue weighted by molar-refractivity contribution is -0.137. The first-order valence-electron chi connectivity index (χ1n) is 9.03. The second-order valence-electron chi connectivity index (χ2n) is 6.65. The Morgan fingerprint density at radius 2 is 1.93 bits per heavy atom. The van der Waals surface area contributed by atoms with Gasteiger partial charge in [0.2, 0.25) is 5.91 Å². The molecule has 0 atom stereocenters. The number of rotatable bonds is 5. The van der Waals surface area contributed by atoms with Gasteiger partial charge >= 0.3 is 0 Å². The average molecular weight is 468 g/mol. The Morgan fingerprint density at radius 3 is 2.59 bits per heavy atom. The molecule has 0 saturated carbocycles. The van der Waals surface area contributed by atoms with Crippen molar-refractivity contribution < 1.29 is 14.4 Å². The standard InChI is InChI=1S/C19H18ClN3O3S3/c20-16-4-3-14(28-16)11-21-5-7-22(8-6-21)17(24)12-23-18(25)15(29-19(23)26)10-13-2-1-9-27-13/h1-4,9-10H,5-8,11-12H2/b15-10-. The third kappa shape index (κ3) is 4.92. The largest absolute Gasteiger partial charge is 0.339 e. The molecule has 2 aromatic heterocycles. The molecular weight excluding hydrogens is 450 g/mol. The van der Waals surface area contributed by atoms with Crippen molar-refractivity contribution in [3.05, 3.63) is 48.6 Å². The lowest BCUT2D eigenvalue weighted by atomic mass is 10.3. The highest BCUT2D eigenvalue weighted by molar-refractivity contribution is 8.18. The van der Waals surface area contributed by atoms with Crippen LogP contribution in [0.15, 0.2) is 34.6 Å². The third-order valence-corrected chi connectivity index (χ3v) is 7.66. The van der Waals surface area contributed by atoms with Crippen LogP contribution in [0.3, 0.4) is 0 Å². The fourth-order valence-electron chi connectivity index (χ4n) is 3.19. The summed E-state index contributed by atoms with van der Waals surface area (Å²) in [6.07, 6.45) is 1.70. The molecule has 3 amide bonds. The number of thiophene rings is 2. The Morgan fingerprint density at radius 1 is 1.14 bits per heavy atom. The van der Waals surface area contributed by atoms with E-state index < -0.39 is 5.91 Å². The van der Waals surface area contributed by atoms with Crippen LogP contribution in [-0.4, -0.2) is 64.5 Å². The van der Waals surface area contributed by atoms with Crippen LogP contribution in [0.4, 0.5) is 4.79 Å². The quantitative estimate of drug-likeness (QED) is 0.625. The van der Waals surface area contributed by atoms with Crippen molar-refractivity contribution in [2.24, 2.45) is 0 Å². The SMILES string of the molecule is O=C(CN1C(=O)S/C(=C\c2cccs2)C1=O)N1CCN(Cc2ccc(Cl)s2)CC1. The molecule has 2 aromatic rings. The number of carbonyl (C=O) groups excluding carboxylic acids is 3. The second kappa shape index (κ2) is 9.01. The molecule has 0 bridgehead atoms. The van der Waals surface area contributed by atoms with E-state index in [0.717, 1.165) is 45.5 Å². The molecule has 10 heteroatoms. The molecule has 2 aliphatic rings. The number of hydrogen-bond acceptors (Lipinski definition) is 7. The topological polar surface area (TPSA) is 60.9 Å². The number of thioether (sulfide) groups is 1. The molecule has 0 unspecified atom stereocenters. The molecule has 152 valence electrons. The Bertz CT molecular complexity index is 949. The minimum atomic E-state index is -0.394. The molecule has 0 aromatic carbocycles. The van der Waals surface area contributed by atoms with Gasteiger partial charge in [0.15, 0.2) is 0 Å². The normalized spacial score (nSPS) is 19.6. The molecule has 4 heterocycles. The Hall–Kier alpha value is -1.65. The maximum absolute atomic E-state index is 12.7. The van der Waals surface area contributed by atoms with Crippen LogP contribution in [0.1, 0.15) is 9.75 Å². The molecule has 0 radical (unpaired) electrons. The fourth-order valence-corrected chi connectivity index (χ4v) is 5.88. The van der Waals surface area contributed by atoms with Gasteiger partial charge in [0.05, 0.1) is 9.24 Å². The zero-order chi connectivity index (χ0) is 20.4. The summed E-state index contributed by atoms with van der Waals surface area (Å²) in [5, 5.41) is 1.52. The summed E-state index contributed by atoms with van der Waals surface area (Å²) in [6.45, 7) is 3.28. The first-order chi connectivity index (χ1) is 14.0. The molecule has 0 aliphatic carbocycles. The van der Waals surface area contributed by atoms with E-state index in [4.69, 9.17) is 11.6 Å². The molecule has 29 heavy (non-hydrogen) atoms. The first kappa shape index (κ1) is 20.6. The van der Waals surface area contributed by atoms with Crippen molar-refractivity contribution in [1.29, 1.82) is 0 Å². The minimum Gasteiger partial charge on any atom is -0.339 e. The second-order valence-corrected chi connectivity index (χ2v) is 10.4. The van der Waals surface area contributed by atoms with Crippen molar-refractivity contribution in [3.63, 3.8) is 0 Å². The molecule has 0 N–H and O–H groups in total. The zero-order valence-corrected chi connectivity index (χ0v) is 18.6. The summed E-state index contributed by atoms with van der Waals surface area (Å²) in [4.78, 5) is 45.0. The molecule has 2 saturated heterocycles. The van der Waals surface area contributed by atoms with Gasteiger partial charge in [0.1, 0.15) is 6.54 Å². The van der Waals surface area contributed by atoms with E-state index in [2.05, 4.69) is 4.90 Å². The van der Waals surface area contributed by atoms with Gasteiger partial charge in [-0.1, -0.05) is 17.7 Å². The van der Waals surface area contributed by atoms with Gasteiger partial charge in [-0.15, -0.1) is 22.7 Å². The van der Waals surface area contributed by atoms with Gasteiger partial charge in [-0.25, -0.2) is 0 Å². The van der Waals surface area contributed by atoms with E-state index in [-0.39, 0.29) is 17.7 Å². The van der Waals surface area contributed by atoms with E-state index >= 15 is 0 Å². The van der Waals surface area contributed by atoms with Gasteiger partial charge in [-0.3, -0.25) is 24.2 Å². The minimum absolute atomic E-state index is 0.191. The van der Waals surface area contributed by atoms with Gasteiger partial charge in [0, 0.05) is 42.5 Å². The van der Waals surface area contributed by atoms with E-state index in [1.54, 1.807) is 22.3 Å². The lowest BCUT2D eigenvalue weighted by Gasteiger charge is -2.35. The van der Waals surface area contributed by atoms with Crippen LogP contribution in [0.5, 0.6) is 0 Å². The fraction of sp³-hybridized carbons (Fsp3) is 0.316. The summed E-state index contributed by atoms with van der Waals surface area (Å²) in [6, 6.07) is 7.68. The number of piperazine rings is 1. The van der Waals surface area contributed by atoms with Crippen LogP contribution in [0, 0.1) is 0 Å². The maximum Gasteiger partial charge on any atom is 0.294 e. The number of imide groups is 1. The van der Waals surface area contributed by atoms with Crippen molar-refractivity contribution in [1.82, 2.24) is 14.7 Å². The molecule has 2 aliphatic heterocycles. The van der Waals surface area contributed by atoms with Crippen LogP contribution < -0.4 is 0 Å². The first-order valence-corrected chi connectivity index (χ1v) is 11.9. The van der Waals surface area contributed by atoms with Crippen LogP contribution in [0.25, 0.3) is 6.08 Å². The van der Waals surface area contributed by atoms with E-state index in [9.17, 15) is 14.4 Å². The predicted molar refractivity (Wildman–Crippen MR) is 118 cm³/mol. The highest BCUT2D eigenvalue weighted by Gasteiger charge is 2.37. The monoisotopic (exact) mass is 467 g/mol. The lowest BCUT2D eigenvalue weighted by Crippen LogP contribution is -2.51. The third-order valence-electron chi connectivity index (χ3n) is 4.72. The van der Waals surface area contributed by atoms with Crippen molar-refractivity contribution in [2.45, 2.75) is 6.54 Å². The molecular formula is C19H18ClN3O3S3. The highest BCUT2D eigenvalue weighted by Crippen LogP contribution is 2.33. The molecule has 2 fully saturated rings. The zero-order valence-electron chi connectivity index (χ0n) is 15.4. The summed E-state index contributed by atoms with van der Waals surface area (Å²) in [7, 11) is 0. The Labute approximate surface area is 185 Å². The van der Waals surface area contributed by atoms with Crippen molar-refractivity contribution >= 4 is 69.2 Å². The van der Waals surface area contributed by atoms with E-state index in [0.29, 0.717) is 18.0 Å². The summed E-state index contributed by atoms with van der Waals surface area (Å²) < 4.78 is 0.777. The smallest absolute Gasteiger partial charge is 0.294 e. The van der Waals surface area contributed by atoms with Crippen LogP contribution >= 0.6 is 46.0 Å². The molecule has 6 nitrogen and oxygen atoms in total. The van der Waals surface area contributed by atoms with Crippen LogP contribution in [-0.2, 0) is 16.1 Å². The van der Waals surface area contributed by atoms with Crippen molar-refractivity contribution in [3.8, 4) is 0 Å². The molecule has 4 rings (SSSR count). The van der Waals surface area contributed by atoms with E-state index in [1.165, 1.54) is 16.2 Å². The Kier molecular flexibility index (Phi) is 6.41. The van der Waals surface area contributed by atoms with E-state index in [1.807, 2.05) is 29.6 Å². The number of carbonyl (C=O) groups is 3. The number of amides is 3. The summed E-state index contributed by atoms with van der Waals surface area (Å²) >= 11 is 9.93. The molecule has 0 spiro atoms. The van der Waals surface area contributed by atoms with Gasteiger partial charge < -0.3 is 4.90 Å². The summed E-state index contributed by atoms with van der Waals surface area (Å²) in [5.74, 6) is -0.585. The highest BCUT2D eigenvalue weighted by atomic mass is 35.5. The van der Waals surface area contributed by atoms with Crippen LogP contribution in [0.2, 0.25) is 4.34 Å². The van der Waals surface area contributed by atoms with Gasteiger partial charge in [-0.05, 0) is 41.4 Å².